The summed E-state index contributed by atoms with van der Waals surface area (Å²) >= 11 is 6.15. The van der Waals surface area contributed by atoms with Crippen LogP contribution in [0.3, 0.4) is 0 Å². The molecule has 4 rings (SSSR count). The molecule has 0 aliphatic heterocycles. The van der Waals surface area contributed by atoms with E-state index in [-0.39, 0.29) is 11.9 Å². The molecule has 0 fully saturated rings. The summed E-state index contributed by atoms with van der Waals surface area (Å²) in [5, 5.41) is 6.24. The lowest BCUT2D eigenvalue weighted by Crippen LogP contribution is -2.30. The summed E-state index contributed by atoms with van der Waals surface area (Å²) in [7, 11) is 1.29. The number of aromatic nitrogens is 1. The van der Waals surface area contributed by atoms with Crippen LogP contribution in [0, 0.1) is 0 Å². The number of nitrogens with one attached hydrogen (secondary N) is 2. The molecule has 3 aromatic carbocycles. The van der Waals surface area contributed by atoms with E-state index >= 15 is 0 Å². The van der Waals surface area contributed by atoms with E-state index in [4.69, 9.17) is 17.3 Å². The minimum absolute atomic E-state index is 0.259. The molecule has 2 amide bonds. The summed E-state index contributed by atoms with van der Waals surface area (Å²) < 4.78 is 4.59. The number of hydrogen-bond donors (Lipinski definition) is 3. The Hall–Kier alpha value is -4.36. The highest BCUT2D eigenvalue weighted by Gasteiger charge is 2.18. The van der Waals surface area contributed by atoms with Gasteiger partial charge >= 0.3 is 6.09 Å². The SMILES string of the molecule is COC(=O)Nc1ccc(C(=O)NC(Cc2ccccc2)c2ccc(-c3cc(Cl)ccc3N)cn2)cc1. The summed E-state index contributed by atoms with van der Waals surface area (Å²) in [6.45, 7) is 0. The average molecular weight is 501 g/mol. The van der Waals surface area contributed by atoms with Gasteiger partial charge in [0, 0.05) is 39.3 Å². The van der Waals surface area contributed by atoms with Crippen molar-refractivity contribution in [3.8, 4) is 11.1 Å². The van der Waals surface area contributed by atoms with Crippen LogP contribution in [0.1, 0.15) is 27.7 Å². The Balaban J connectivity index is 1.57. The van der Waals surface area contributed by atoms with Gasteiger partial charge in [-0.25, -0.2) is 4.79 Å². The molecule has 0 saturated heterocycles. The highest BCUT2D eigenvalue weighted by atomic mass is 35.5. The highest BCUT2D eigenvalue weighted by Crippen LogP contribution is 2.29. The molecule has 4 N–H and O–H groups in total. The average Bonchev–Trinajstić information content (AvgIpc) is 2.90. The number of halogens is 1. The number of carbonyl (C=O) groups excluding carboxylic acids is 2. The van der Waals surface area contributed by atoms with Crippen LogP contribution in [-0.4, -0.2) is 24.1 Å². The van der Waals surface area contributed by atoms with E-state index in [1.54, 1.807) is 48.7 Å². The molecule has 0 radical (unpaired) electrons. The molecule has 182 valence electrons. The molecule has 0 saturated carbocycles. The summed E-state index contributed by atoms with van der Waals surface area (Å²) in [5.74, 6) is -0.259. The minimum atomic E-state index is -0.579. The maximum atomic E-state index is 13.1. The fraction of sp³-hybridized carbons (Fsp3) is 0.107. The van der Waals surface area contributed by atoms with Crippen LogP contribution in [0.5, 0.6) is 0 Å². The number of hydrogen-bond acceptors (Lipinski definition) is 5. The van der Waals surface area contributed by atoms with Crippen molar-refractivity contribution in [3.05, 3.63) is 113 Å². The summed E-state index contributed by atoms with van der Waals surface area (Å²) in [6, 6.07) is 25.2. The zero-order valence-corrected chi connectivity index (χ0v) is 20.3. The number of benzene rings is 3. The molecule has 4 aromatic rings. The molecule has 0 spiro atoms. The Morgan fingerprint density at radius 2 is 1.75 bits per heavy atom. The van der Waals surface area contributed by atoms with Gasteiger partial charge in [0.1, 0.15) is 0 Å². The Morgan fingerprint density at radius 3 is 2.42 bits per heavy atom. The minimum Gasteiger partial charge on any atom is -0.453 e. The summed E-state index contributed by atoms with van der Waals surface area (Å²) in [6.07, 6.45) is 1.71. The van der Waals surface area contributed by atoms with Crippen molar-refractivity contribution in [2.24, 2.45) is 0 Å². The molecule has 1 atom stereocenters. The standard InChI is InChI=1S/C28H25ClN4O3/c1-36-28(35)32-22-11-7-19(8-12-22)27(34)33-26(15-18-5-3-2-4-6-18)25-14-9-20(17-31-25)23-16-21(29)10-13-24(23)30/h2-14,16-17,26H,15,30H2,1H3,(H,32,35)(H,33,34). The van der Waals surface area contributed by atoms with E-state index < -0.39 is 6.09 Å². The molecular weight excluding hydrogens is 476 g/mol. The zero-order valence-electron chi connectivity index (χ0n) is 19.6. The lowest BCUT2D eigenvalue weighted by atomic mass is 10.00. The molecule has 0 aliphatic carbocycles. The second-order valence-electron chi connectivity index (χ2n) is 8.11. The second kappa shape index (κ2) is 11.4. The number of amides is 2. The Kier molecular flexibility index (Phi) is 7.82. The molecule has 36 heavy (non-hydrogen) atoms. The smallest absolute Gasteiger partial charge is 0.411 e. The Morgan fingerprint density at radius 1 is 1.00 bits per heavy atom. The molecule has 1 unspecified atom stereocenters. The van der Waals surface area contributed by atoms with Crippen molar-refractivity contribution in [3.63, 3.8) is 0 Å². The first-order valence-electron chi connectivity index (χ1n) is 11.2. The number of pyridine rings is 1. The fourth-order valence-electron chi connectivity index (χ4n) is 3.74. The van der Waals surface area contributed by atoms with Crippen molar-refractivity contribution in [2.75, 3.05) is 18.2 Å². The first kappa shape index (κ1) is 24.8. The van der Waals surface area contributed by atoms with Gasteiger partial charge in [0.2, 0.25) is 0 Å². The van der Waals surface area contributed by atoms with Gasteiger partial charge < -0.3 is 15.8 Å². The largest absolute Gasteiger partial charge is 0.453 e. The van der Waals surface area contributed by atoms with Crippen LogP contribution in [0.25, 0.3) is 11.1 Å². The number of nitrogen functional groups attached to an aromatic ring is 1. The molecular formula is C28H25ClN4O3. The van der Waals surface area contributed by atoms with E-state index in [2.05, 4.69) is 20.4 Å². The molecule has 1 aromatic heterocycles. The van der Waals surface area contributed by atoms with Gasteiger partial charge in [-0.3, -0.25) is 15.1 Å². The number of carbonyl (C=O) groups is 2. The van der Waals surface area contributed by atoms with Gasteiger partial charge in [-0.15, -0.1) is 0 Å². The number of rotatable bonds is 7. The van der Waals surface area contributed by atoms with E-state index in [0.717, 1.165) is 16.7 Å². The highest BCUT2D eigenvalue weighted by molar-refractivity contribution is 6.31. The zero-order chi connectivity index (χ0) is 25.5. The van der Waals surface area contributed by atoms with Crippen molar-refractivity contribution < 1.29 is 14.3 Å². The predicted molar refractivity (Wildman–Crippen MR) is 142 cm³/mol. The third kappa shape index (κ3) is 6.20. The van der Waals surface area contributed by atoms with Gasteiger partial charge in [0.25, 0.3) is 5.91 Å². The lowest BCUT2D eigenvalue weighted by Gasteiger charge is -2.19. The summed E-state index contributed by atoms with van der Waals surface area (Å²) in [5.41, 5.74) is 11.1. The van der Waals surface area contributed by atoms with Crippen molar-refractivity contribution >= 4 is 35.0 Å². The third-order valence-corrected chi connectivity index (χ3v) is 5.87. The topological polar surface area (TPSA) is 106 Å². The second-order valence-corrected chi connectivity index (χ2v) is 8.55. The van der Waals surface area contributed by atoms with Gasteiger partial charge in [-0.2, -0.15) is 0 Å². The number of nitrogens with zero attached hydrogens (tertiary/aromatic N) is 1. The van der Waals surface area contributed by atoms with Gasteiger partial charge in [-0.1, -0.05) is 48.0 Å². The number of anilines is 2. The summed E-state index contributed by atoms with van der Waals surface area (Å²) in [4.78, 5) is 29.1. The monoisotopic (exact) mass is 500 g/mol. The molecule has 1 heterocycles. The number of nitrogens with two attached hydrogens (primary N) is 1. The van der Waals surface area contributed by atoms with Crippen LogP contribution in [0.15, 0.2) is 91.1 Å². The van der Waals surface area contributed by atoms with Crippen LogP contribution in [0.4, 0.5) is 16.2 Å². The normalized spacial score (nSPS) is 11.4. The predicted octanol–water partition coefficient (Wildman–Crippen LogP) is 5.88. The maximum Gasteiger partial charge on any atom is 0.411 e. The molecule has 7 nitrogen and oxygen atoms in total. The van der Waals surface area contributed by atoms with Crippen molar-refractivity contribution in [1.82, 2.24) is 10.3 Å². The van der Waals surface area contributed by atoms with E-state index in [0.29, 0.717) is 34.1 Å². The molecule has 8 heteroatoms. The van der Waals surface area contributed by atoms with E-state index in [1.165, 1.54) is 7.11 Å². The van der Waals surface area contributed by atoms with Crippen LogP contribution < -0.4 is 16.4 Å². The quantitative estimate of drug-likeness (QED) is 0.275. The van der Waals surface area contributed by atoms with Gasteiger partial charge in [0.15, 0.2) is 0 Å². The van der Waals surface area contributed by atoms with Crippen LogP contribution in [-0.2, 0) is 11.2 Å². The van der Waals surface area contributed by atoms with Gasteiger partial charge in [-0.05, 0) is 60.5 Å². The number of ether oxygens (including phenoxy) is 1. The van der Waals surface area contributed by atoms with Crippen LogP contribution in [0.2, 0.25) is 5.02 Å². The fourth-order valence-corrected chi connectivity index (χ4v) is 3.92. The molecule has 0 aliphatic rings. The first-order chi connectivity index (χ1) is 17.4. The van der Waals surface area contributed by atoms with Gasteiger partial charge in [0.05, 0.1) is 18.8 Å². The van der Waals surface area contributed by atoms with Crippen LogP contribution >= 0.6 is 11.6 Å². The molecule has 0 bridgehead atoms. The van der Waals surface area contributed by atoms with Crippen molar-refractivity contribution in [2.45, 2.75) is 12.5 Å². The Labute approximate surface area is 214 Å². The third-order valence-electron chi connectivity index (χ3n) is 5.64. The Bertz CT molecular complexity index is 1340. The lowest BCUT2D eigenvalue weighted by molar-refractivity contribution is 0.0935. The van der Waals surface area contributed by atoms with E-state index in [9.17, 15) is 9.59 Å². The van der Waals surface area contributed by atoms with E-state index in [1.807, 2.05) is 42.5 Å². The van der Waals surface area contributed by atoms with Crippen molar-refractivity contribution in [1.29, 1.82) is 0 Å². The number of methoxy groups -OCH3 is 1. The maximum absolute atomic E-state index is 13.1. The first-order valence-corrected chi connectivity index (χ1v) is 11.6.